The molecule has 1 saturated heterocycles. The molecule has 1 aromatic heterocycles. The maximum absolute atomic E-state index is 12.8. The number of anilines is 2. The van der Waals surface area contributed by atoms with Crippen LogP contribution in [0.15, 0.2) is 12.1 Å². The summed E-state index contributed by atoms with van der Waals surface area (Å²) in [6.07, 6.45) is -2.44. The molecule has 0 amide bonds. The van der Waals surface area contributed by atoms with Crippen molar-refractivity contribution in [3.05, 3.63) is 17.7 Å². The zero-order chi connectivity index (χ0) is 14.9. The molecule has 2 heterocycles. The van der Waals surface area contributed by atoms with Gasteiger partial charge in [-0.1, -0.05) is 0 Å². The van der Waals surface area contributed by atoms with Gasteiger partial charge in [-0.25, -0.2) is 4.98 Å². The van der Waals surface area contributed by atoms with Crippen LogP contribution in [0, 0.1) is 0 Å². The number of hydrogen-bond acceptors (Lipinski definition) is 4. The molecule has 1 fully saturated rings. The van der Waals surface area contributed by atoms with Crippen molar-refractivity contribution in [2.24, 2.45) is 0 Å². The number of nitrogen functional groups attached to an aromatic ring is 1. The minimum absolute atomic E-state index is 0.106. The van der Waals surface area contributed by atoms with Gasteiger partial charge in [0.2, 0.25) is 0 Å². The predicted molar refractivity (Wildman–Crippen MR) is 72.6 cm³/mol. The summed E-state index contributed by atoms with van der Waals surface area (Å²) >= 11 is 0. The fourth-order valence-corrected chi connectivity index (χ4v) is 2.52. The van der Waals surface area contributed by atoms with Crippen molar-refractivity contribution in [3.8, 4) is 0 Å². The van der Waals surface area contributed by atoms with Crippen molar-refractivity contribution < 1.29 is 13.2 Å². The lowest BCUT2D eigenvalue weighted by Gasteiger charge is -2.36. The summed E-state index contributed by atoms with van der Waals surface area (Å²) in [5.74, 6) is 0.170. The number of pyridine rings is 1. The number of likely N-dealkylation sites (N-methyl/N-ethyl adjacent to an activating group) is 2. The van der Waals surface area contributed by atoms with E-state index in [2.05, 4.69) is 9.88 Å². The number of nitrogens with two attached hydrogens (primary N) is 1. The zero-order valence-electron chi connectivity index (χ0n) is 11.6. The van der Waals surface area contributed by atoms with E-state index in [4.69, 9.17) is 5.73 Å². The minimum Gasteiger partial charge on any atom is -0.384 e. The lowest BCUT2D eigenvalue weighted by Crippen LogP contribution is -2.45. The topological polar surface area (TPSA) is 45.4 Å². The van der Waals surface area contributed by atoms with Gasteiger partial charge in [0.05, 0.1) is 5.56 Å². The number of nitrogens with zero attached hydrogens (tertiary/aromatic N) is 3. The molecule has 1 aromatic rings. The number of halogens is 3. The molecule has 0 radical (unpaired) electrons. The lowest BCUT2D eigenvalue weighted by atomic mass is 10.0. The van der Waals surface area contributed by atoms with E-state index in [-0.39, 0.29) is 17.7 Å². The molecule has 0 bridgehead atoms. The van der Waals surface area contributed by atoms with Crippen LogP contribution in [0.4, 0.5) is 24.8 Å². The van der Waals surface area contributed by atoms with Gasteiger partial charge in [-0.2, -0.15) is 13.2 Å². The van der Waals surface area contributed by atoms with Crippen LogP contribution in [0.25, 0.3) is 0 Å². The molecule has 1 aliphatic rings. The van der Waals surface area contributed by atoms with E-state index >= 15 is 0 Å². The fraction of sp³-hybridized carbons (Fsp3) is 0.615. The molecule has 20 heavy (non-hydrogen) atoms. The van der Waals surface area contributed by atoms with E-state index in [1.807, 2.05) is 7.05 Å². The molecular weight excluding hydrogens is 269 g/mol. The highest BCUT2D eigenvalue weighted by atomic mass is 19.4. The summed E-state index contributed by atoms with van der Waals surface area (Å²) in [6.45, 7) is 1.83. The number of aromatic nitrogens is 1. The molecule has 4 nitrogen and oxygen atoms in total. The maximum Gasteiger partial charge on any atom is 0.416 e. The van der Waals surface area contributed by atoms with E-state index in [0.717, 1.165) is 38.1 Å². The molecule has 0 aromatic carbocycles. The third kappa shape index (κ3) is 3.33. The Bertz CT molecular complexity index is 475. The minimum atomic E-state index is -4.41. The van der Waals surface area contributed by atoms with Crippen LogP contribution in [-0.2, 0) is 6.18 Å². The molecule has 7 heteroatoms. The van der Waals surface area contributed by atoms with Gasteiger partial charge < -0.3 is 15.5 Å². The highest BCUT2D eigenvalue weighted by Gasteiger charge is 2.32. The second kappa shape index (κ2) is 5.47. The first-order valence-electron chi connectivity index (χ1n) is 6.53. The number of hydrogen-bond donors (Lipinski definition) is 1. The smallest absolute Gasteiger partial charge is 0.384 e. The summed E-state index contributed by atoms with van der Waals surface area (Å²) in [5, 5.41) is 0. The first kappa shape index (κ1) is 14.9. The van der Waals surface area contributed by atoms with Gasteiger partial charge in [-0.3, -0.25) is 0 Å². The van der Waals surface area contributed by atoms with Crippen molar-refractivity contribution in [2.45, 2.75) is 25.1 Å². The van der Waals surface area contributed by atoms with Crippen molar-refractivity contribution in [1.82, 2.24) is 9.88 Å². The maximum atomic E-state index is 12.8. The number of alkyl halides is 3. The Labute approximate surface area is 116 Å². The molecule has 112 valence electrons. The molecule has 0 saturated carbocycles. The van der Waals surface area contributed by atoms with Gasteiger partial charge in [0.25, 0.3) is 0 Å². The molecule has 1 unspecified atom stereocenters. The van der Waals surface area contributed by atoms with Crippen LogP contribution in [-0.4, -0.2) is 43.1 Å². The molecule has 1 atom stereocenters. The van der Waals surface area contributed by atoms with Crippen LogP contribution in [0.2, 0.25) is 0 Å². The predicted octanol–water partition coefficient (Wildman–Crippen LogP) is 2.21. The first-order chi connectivity index (χ1) is 9.27. The summed E-state index contributed by atoms with van der Waals surface area (Å²) in [5.41, 5.74) is 4.75. The third-order valence-electron chi connectivity index (χ3n) is 3.67. The van der Waals surface area contributed by atoms with Crippen LogP contribution < -0.4 is 10.6 Å². The van der Waals surface area contributed by atoms with Gasteiger partial charge >= 0.3 is 6.18 Å². The van der Waals surface area contributed by atoms with Crippen molar-refractivity contribution in [1.29, 1.82) is 0 Å². The number of likely N-dealkylation sites (tertiary alicyclic amines) is 1. The van der Waals surface area contributed by atoms with Gasteiger partial charge in [0, 0.05) is 19.6 Å². The zero-order valence-corrected chi connectivity index (χ0v) is 11.6. The summed E-state index contributed by atoms with van der Waals surface area (Å²) in [7, 11) is 3.78. The van der Waals surface area contributed by atoms with E-state index in [0.29, 0.717) is 0 Å². The molecule has 0 spiro atoms. The Kier molecular flexibility index (Phi) is 4.08. The SMILES string of the molecule is CN1CCCC(N(C)c2cc(C(F)(F)F)cc(N)n2)C1. The molecule has 2 rings (SSSR count). The average molecular weight is 288 g/mol. The van der Waals surface area contributed by atoms with E-state index in [1.54, 1.807) is 11.9 Å². The second-order valence-electron chi connectivity index (χ2n) is 5.31. The van der Waals surface area contributed by atoms with Gasteiger partial charge in [-0.05, 0) is 38.6 Å². The van der Waals surface area contributed by atoms with Crippen LogP contribution in [0.1, 0.15) is 18.4 Å². The summed E-state index contributed by atoms with van der Waals surface area (Å²) in [6, 6.07) is 2.08. The molecule has 1 aliphatic heterocycles. The van der Waals surface area contributed by atoms with E-state index < -0.39 is 11.7 Å². The Hall–Kier alpha value is -1.50. The molecule has 2 N–H and O–H groups in total. The van der Waals surface area contributed by atoms with Crippen molar-refractivity contribution >= 4 is 11.6 Å². The molecule has 0 aliphatic carbocycles. The summed E-state index contributed by atoms with van der Waals surface area (Å²) < 4.78 is 38.4. The van der Waals surface area contributed by atoms with Crippen molar-refractivity contribution in [3.63, 3.8) is 0 Å². The van der Waals surface area contributed by atoms with E-state index in [9.17, 15) is 13.2 Å². The standard InChI is InChI=1S/C13H19F3N4/c1-19-5-3-4-10(8-19)20(2)12-7-9(13(14,15)16)6-11(17)18-12/h6-7,10H,3-5,8H2,1-2H3,(H2,17,18). The Morgan fingerprint density at radius 2 is 2.10 bits per heavy atom. The van der Waals surface area contributed by atoms with Crippen LogP contribution >= 0.6 is 0 Å². The Morgan fingerprint density at radius 3 is 2.70 bits per heavy atom. The normalized spacial score (nSPS) is 20.9. The highest BCUT2D eigenvalue weighted by molar-refractivity contribution is 5.49. The van der Waals surface area contributed by atoms with Gasteiger partial charge in [0.1, 0.15) is 11.6 Å². The lowest BCUT2D eigenvalue weighted by molar-refractivity contribution is -0.137. The summed E-state index contributed by atoms with van der Waals surface area (Å²) in [4.78, 5) is 7.99. The fourth-order valence-electron chi connectivity index (χ4n) is 2.52. The van der Waals surface area contributed by atoms with Crippen molar-refractivity contribution in [2.75, 3.05) is 37.8 Å². The second-order valence-corrected chi connectivity index (χ2v) is 5.31. The van der Waals surface area contributed by atoms with Crippen LogP contribution in [0.3, 0.4) is 0 Å². The number of piperidine rings is 1. The van der Waals surface area contributed by atoms with Gasteiger partial charge in [-0.15, -0.1) is 0 Å². The third-order valence-corrected chi connectivity index (χ3v) is 3.67. The first-order valence-corrected chi connectivity index (χ1v) is 6.53. The Morgan fingerprint density at radius 1 is 1.40 bits per heavy atom. The quantitative estimate of drug-likeness (QED) is 0.906. The highest BCUT2D eigenvalue weighted by Crippen LogP contribution is 2.32. The monoisotopic (exact) mass is 288 g/mol. The Balaban J connectivity index is 2.25. The van der Waals surface area contributed by atoms with Crippen LogP contribution in [0.5, 0.6) is 0 Å². The molecular formula is C13H19F3N4. The number of rotatable bonds is 2. The largest absolute Gasteiger partial charge is 0.416 e. The van der Waals surface area contributed by atoms with Gasteiger partial charge in [0.15, 0.2) is 0 Å². The average Bonchev–Trinajstić information content (AvgIpc) is 2.36. The van der Waals surface area contributed by atoms with E-state index in [1.165, 1.54) is 0 Å².